The summed E-state index contributed by atoms with van der Waals surface area (Å²) >= 11 is 4.78. The number of esters is 1. The summed E-state index contributed by atoms with van der Waals surface area (Å²) in [4.78, 5) is 32.2. The van der Waals surface area contributed by atoms with E-state index in [0.29, 0.717) is 59.2 Å². The molecule has 2 aromatic carbocycles. The van der Waals surface area contributed by atoms with Gasteiger partial charge in [-0.25, -0.2) is 9.79 Å². The number of ether oxygens (including phenoxy) is 3. The van der Waals surface area contributed by atoms with Gasteiger partial charge in [0, 0.05) is 16.1 Å². The van der Waals surface area contributed by atoms with E-state index in [1.807, 2.05) is 6.07 Å². The standard InChI is InChI=1S/C30H24BrN3O6S/c1-5-39-29(36)26-16(2)33-30-34(27(26)20-13-23(37-3)24(38-4)14-21(20)31)28(35)25(41-30)12-18-10-11-22(40-18)19-9-7-6-8-17(19)15-32/h6-14,27H,5H2,1-4H3. The first-order chi connectivity index (χ1) is 19.8. The number of hydrogen-bond donors (Lipinski definition) is 0. The third-order valence-corrected chi connectivity index (χ3v) is 8.20. The van der Waals surface area contributed by atoms with Gasteiger partial charge in [-0.05, 0) is 55.8 Å². The van der Waals surface area contributed by atoms with E-state index in [4.69, 9.17) is 18.6 Å². The molecule has 0 spiro atoms. The lowest BCUT2D eigenvalue weighted by atomic mass is 9.95. The zero-order valence-electron chi connectivity index (χ0n) is 22.6. The van der Waals surface area contributed by atoms with Gasteiger partial charge < -0.3 is 18.6 Å². The number of carbonyl (C=O) groups excluding carboxylic acids is 1. The first kappa shape index (κ1) is 28.1. The molecule has 41 heavy (non-hydrogen) atoms. The highest BCUT2D eigenvalue weighted by molar-refractivity contribution is 9.10. The molecule has 1 aliphatic rings. The molecule has 0 fully saturated rings. The van der Waals surface area contributed by atoms with Gasteiger partial charge in [-0.3, -0.25) is 9.36 Å². The number of carbonyl (C=O) groups is 1. The zero-order valence-corrected chi connectivity index (χ0v) is 25.0. The predicted octanol–water partition coefficient (Wildman–Crippen LogP) is 4.71. The quantitative estimate of drug-likeness (QED) is 0.271. The molecule has 0 saturated carbocycles. The third-order valence-electron chi connectivity index (χ3n) is 6.53. The highest BCUT2D eigenvalue weighted by Gasteiger charge is 2.35. The highest BCUT2D eigenvalue weighted by Crippen LogP contribution is 2.40. The van der Waals surface area contributed by atoms with Crippen LogP contribution in [0.25, 0.3) is 17.4 Å². The van der Waals surface area contributed by atoms with Gasteiger partial charge in [0.15, 0.2) is 16.3 Å². The largest absolute Gasteiger partial charge is 0.493 e. The van der Waals surface area contributed by atoms with Crippen LogP contribution in [0.4, 0.5) is 0 Å². The fourth-order valence-corrected chi connectivity index (χ4v) is 6.23. The lowest BCUT2D eigenvalue weighted by Gasteiger charge is -2.26. The summed E-state index contributed by atoms with van der Waals surface area (Å²) < 4.78 is 24.8. The minimum absolute atomic E-state index is 0.162. The Labute approximate surface area is 247 Å². The number of methoxy groups -OCH3 is 2. The third kappa shape index (κ3) is 5.12. The SMILES string of the molecule is CCOC(=O)C1=C(C)N=c2sc(=Cc3ccc(-c4ccccc4C#N)o3)c(=O)n2C1c1cc(OC)c(OC)cc1Br. The number of nitriles is 1. The van der Waals surface area contributed by atoms with E-state index in [2.05, 4.69) is 27.0 Å². The number of thiazole rings is 1. The molecule has 11 heteroatoms. The molecule has 4 aromatic rings. The van der Waals surface area contributed by atoms with Gasteiger partial charge in [-0.1, -0.05) is 39.4 Å². The number of aromatic nitrogens is 1. The summed E-state index contributed by atoms with van der Waals surface area (Å²) in [7, 11) is 3.04. The van der Waals surface area contributed by atoms with Crippen LogP contribution in [-0.2, 0) is 9.53 Å². The van der Waals surface area contributed by atoms with Crippen LogP contribution in [0.1, 0.15) is 36.8 Å². The predicted molar refractivity (Wildman–Crippen MR) is 157 cm³/mol. The van der Waals surface area contributed by atoms with Gasteiger partial charge in [0.1, 0.15) is 11.5 Å². The number of rotatable bonds is 7. The number of halogens is 1. The van der Waals surface area contributed by atoms with E-state index in [9.17, 15) is 14.9 Å². The molecule has 0 N–H and O–H groups in total. The number of allylic oxidation sites excluding steroid dienone is 1. The zero-order chi connectivity index (χ0) is 29.3. The molecule has 1 atom stereocenters. The Morgan fingerprint density at radius 3 is 2.63 bits per heavy atom. The molecule has 0 aliphatic carbocycles. The molecule has 0 radical (unpaired) electrons. The van der Waals surface area contributed by atoms with E-state index in [1.54, 1.807) is 62.4 Å². The number of hydrogen-bond acceptors (Lipinski definition) is 9. The molecule has 0 amide bonds. The Hall–Kier alpha value is -4.40. The second kappa shape index (κ2) is 11.6. The van der Waals surface area contributed by atoms with Gasteiger partial charge in [-0.15, -0.1) is 0 Å². The van der Waals surface area contributed by atoms with E-state index in [-0.39, 0.29) is 17.7 Å². The van der Waals surface area contributed by atoms with Gasteiger partial charge >= 0.3 is 5.97 Å². The van der Waals surface area contributed by atoms with Crippen molar-refractivity contribution in [2.75, 3.05) is 20.8 Å². The van der Waals surface area contributed by atoms with Crippen LogP contribution in [0.3, 0.4) is 0 Å². The molecule has 1 unspecified atom stereocenters. The number of furan rings is 1. The average molecular weight is 635 g/mol. The number of nitrogens with zero attached hydrogens (tertiary/aromatic N) is 3. The van der Waals surface area contributed by atoms with Crippen molar-refractivity contribution in [1.29, 1.82) is 5.26 Å². The van der Waals surface area contributed by atoms with Gasteiger partial charge in [0.05, 0.1) is 54.3 Å². The molecule has 5 rings (SSSR count). The Kier molecular flexibility index (Phi) is 7.97. The van der Waals surface area contributed by atoms with E-state index < -0.39 is 12.0 Å². The van der Waals surface area contributed by atoms with Gasteiger partial charge in [0.25, 0.3) is 5.56 Å². The Balaban J connectivity index is 1.69. The summed E-state index contributed by atoms with van der Waals surface area (Å²) in [6.45, 7) is 3.60. The molecule has 2 aromatic heterocycles. The van der Waals surface area contributed by atoms with Gasteiger partial charge in [-0.2, -0.15) is 5.26 Å². The maximum absolute atomic E-state index is 14.0. The second-order valence-corrected chi connectivity index (χ2v) is 10.8. The van der Waals surface area contributed by atoms with Crippen molar-refractivity contribution in [3.05, 3.63) is 101 Å². The van der Waals surface area contributed by atoms with Crippen LogP contribution in [0.15, 0.2) is 78.5 Å². The van der Waals surface area contributed by atoms with Crippen molar-refractivity contribution in [3.8, 4) is 28.9 Å². The lowest BCUT2D eigenvalue weighted by Crippen LogP contribution is -2.40. The van der Waals surface area contributed by atoms with E-state index in [1.165, 1.54) is 30.1 Å². The Morgan fingerprint density at radius 2 is 1.93 bits per heavy atom. The average Bonchev–Trinajstić information content (AvgIpc) is 3.56. The van der Waals surface area contributed by atoms with Crippen LogP contribution < -0.4 is 24.4 Å². The minimum Gasteiger partial charge on any atom is -0.493 e. The van der Waals surface area contributed by atoms with Crippen LogP contribution in [0.5, 0.6) is 11.5 Å². The van der Waals surface area contributed by atoms with Crippen molar-refractivity contribution in [3.63, 3.8) is 0 Å². The molecule has 0 bridgehead atoms. The summed E-state index contributed by atoms with van der Waals surface area (Å²) in [5.74, 6) is 1.30. The molecule has 208 valence electrons. The Morgan fingerprint density at radius 1 is 1.20 bits per heavy atom. The molecule has 0 saturated heterocycles. The molecule has 1 aliphatic heterocycles. The topological polar surface area (TPSA) is 116 Å². The number of fused-ring (bicyclic) bond motifs is 1. The highest BCUT2D eigenvalue weighted by atomic mass is 79.9. The fraction of sp³-hybridized carbons (Fsp3) is 0.200. The first-order valence-corrected chi connectivity index (χ1v) is 14.1. The maximum Gasteiger partial charge on any atom is 0.338 e. The normalized spacial score (nSPS) is 14.7. The summed E-state index contributed by atoms with van der Waals surface area (Å²) in [6.07, 6.45) is 1.63. The van der Waals surface area contributed by atoms with Gasteiger partial charge in [0.2, 0.25) is 0 Å². The van der Waals surface area contributed by atoms with Crippen LogP contribution in [0.2, 0.25) is 0 Å². The van der Waals surface area contributed by atoms with Crippen LogP contribution >= 0.6 is 27.3 Å². The maximum atomic E-state index is 14.0. The summed E-state index contributed by atoms with van der Waals surface area (Å²) in [5.41, 5.74) is 2.06. The first-order valence-electron chi connectivity index (χ1n) is 12.5. The second-order valence-electron chi connectivity index (χ2n) is 8.89. The Bertz CT molecular complexity index is 1930. The molecular weight excluding hydrogens is 610 g/mol. The summed E-state index contributed by atoms with van der Waals surface area (Å²) in [6, 6.07) is 15.4. The van der Waals surface area contributed by atoms with Crippen LogP contribution in [0, 0.1) is 11.3 Å². The van der Waals surface area contributed by atoms with Crippen molar-refractivity contribution in [1.82, 2.24) is 4.57 Å². The fourth-order valence-electron chi connectivity index (χ4n) is 4.67. The summed E-state index contributed by atoms with van der Waals surface area (Å²) in [5, 5.41) is 9.46. The monoisotopic (exact) mass is 633 g/mol. The lowest BCUT2D eigenvalue weighted by molar-refractivity contribution is -0.139. The van der Waals surface area contributed by atoms with Crippen molar-refractivity contribution in [2.24, 2.45) is 4.99 Å². The van der Waals surface area contributed by atoms with Crippen molar-refractivity contribution >= 4 is 39.3 Å². The molecule has 3 heterocycles. The van der Waals surface area contributed by atoms with Crippen molar-refractivity contribution < 1.29 is 23.4 Å². The van der Waals surface area contributed by atoms with Crippen LogP contribution in [-0.4, -0.2) is 31.4 Å². The molecule has 9 nitrogen and oxygen atoms in total. The minimum atomic E-state index is -0.851. The smallest absolute Gasteiger partial charge is 0.338 e. The molecular formula is C30H24BrN3O6S. The number of benzene rings is 2. The van der Waals surface area contributed by atoms with E-state index >= 15 is 0 Å². The van der Waals surface area contributed by atoms with Crippen molar-refractivity contribution in [2.45, 2.75) is 19.9 Å². The van der Waals surface area contributed by atoms with E-state index in [0.717, 1.165) is 0 Å².